The molecule has 0 aromatic heterocycles. The fraction of sp³-hybridized carbons (Fsp3) is 0.917. The van der Waals surface area contributed by atoms with Crippen molar-refractivity contribution in [2.45, 2.75) is 51.4 Å². The van der Waals surface area contributed by atoms with Gasteiger partial charge in [-0.3, -0.25) is 0 Å². The molecule has 0 spiro atoms. The minimum absolute atomic E-state index is 0.347. The molecule has 1 aliphatic rings. The Kier molecular flexibility index (Phi) is 6.03. The van der Waals surface area contributed by atoms with Gasteiger partial charge in [0.1, 0.15) is 0 Å². The summed E-state index contributed by atoms with van der Waals surface area (Å²) >= 11 is 5.63. The summed E-state index contributed by atoms with van der Waals surface area (Å²) in [6, 6.07) is 2.47. The second kappa shape index (κ2) is 7.12. The van der Waals surface area contributed by atoms with E-state index >= 15 is 0 Å². The molecule has 0 radical (unpaired) electrons. The van der Waals surface area contributed by atoms with E-state index in [9.17, 15) is 0 Å². The lowest BCUT2D eigenvalue weighted by Gasteiger charge is -2.26. The predicted molar refractivity (Wildman–Crippen MR) is 60.2 cm³/mol. The Bertz CT molecular complexity index is 185. The van der Waals surface area contributed by atoms with Crippen LogP contribution in [0.1, 0.15) is 51.4 Å². The van der Waals surface area contributed by atoms with E-state index in [0.29, 0.717) is 11.8 Å². The number of nitriles is 1. The fourth-order valence-corrected chi connectivity index (χ4v) is 2.59. The second-order valence-electron chi connectivity index (χ2n) is 4.32. The third kappa shape index (κ3) is 3.88. The van der Waals surface area contributed by atoms with Crippen molar-refractivity contribution in [1.29, 1.82) is 5.26 Å². The van der Waals surface area contributed by atoms with Gasteiger partial charge in [0.15, 0.2) is 0 Å². The highest BCUT2D eigenvalue weighted by atomic mass is 35.5. The Balaban J connectivity index is 2.17. The van der Waals surface area contributed by atoms with Gasteiger partial charge in [0.2, 0.25) is 0 Å². The van der Waals surface area contributed by atoms with Gasteiger partial charge in [0.25, 0.3) is 0 Å². The van der Waals surface area contributed by atoms with E-state index in [1.54, 1.807) is 0 Å². The van der Waals surface area contributed by atoms with E-state index in [1.165, 1.54) is 38.5 Å². The third-order valence-electron chi connectivity index (χ3n) is 3.28. The quantitative estimate of drug-likeness (QED) is 0.498. The van der Waals surface area contributed by atoms with E-state index in [0.717, 1.165) is 18.7 Å². The summed E-state index contributed by atoms with van der Waals surface area (Å²) in [7, 11) is 0. The van der Waals surface area contributed by atoms with Crippen LogP contribution >= 0.6 is 11.6 Å². The summed E-state index contributed by atoms with van der Waals surface area (Å²) in [4.78, 5) is 0. The van der Waals surface area contributed by atoms with Gasteiger partial charge in [-0.15, -0.1) is 11.6 Å². The standard InChI is InChI=1S/C12H20ClN/c13-9-5-1-2-6-11-7-3-4-8-12(11)10-14/h11-12H,1-9H2. The van der Waals surface area contributed by atoms with Gasteiger partial charge in [-0.1, -0.05) is 25.7 Å². The van der Waals surface area contributed by atoms with Crippen LogP contribution in [0.5, 0.6) is 0 Å². The molecule has 0 heterocycles. The predicted octanol–water partition coefficient (Wildman–Crippen LogP) is 4.12. The summed E-state index contributed by atoms with van der Waals surface area (Å²) < 4.78 is 0. The van der Waals surface area contributed by atoms with Crippen LogP contribution in [0, 0.1) is 23.2 Å². The maximum absolute atomic E-state index is 8.99. The molecule has 0 bridgehead atoms. The van der Waals surface area contributed by atoms with Crippen LogP contribution in [0.2, 0.25) is 0 Å². The Hall–Kier alpha value is -0.220. The van der Waals surface area contributed by atoms with Gasteiger partial charge >= 0.3 is 0 Å². The van der Waals surface area contributed by atoms with Crippen LogP contribution in [0.25, 0.3) is 0 Å². The van der Waals surface area contributed by atoms with Crippen molar-refractivity contribution in [3.63, 3.8) is 0 Å². The first-order chi connectivity index (χ1) is 6.88. The van der Waals surface area contributed by atoms with Gasteiger partial charge in [-0.05, 0) is 31.6 Å². The smallest absolute Gasteiger partial charge is 0.0658 e. The average Bonchev–Trinajstić information content (AvgIpc) is 2.25. The van der Waals surface area contributed by atoms with Gasteiger partial charge < -0.3 is 0 Å². The molecule has 1 fully saturated rings. The maximum Gasteiger partial charge on any atom is 0.0658 e. The van der Waals surface area contributed by atoms with Gasteiger partial charge in [-0.25, -0.2) is 0 Å². The number of unbranched alkanes of at least 4 members (excludes halogenated alkanes) is 2. The molecule has 1 nitrogen and oxygen atoms in total. The molecule has 2 heteroatoms. The fourth-order valence-electron chi connectivity index (χ4n) is 2.40. The van der Waals surface area contributed by atoms with Crippen LogP contribution in [-0.2, 0) is 0 Å². The van der Waals surface area contributed by atoms with Gasteiger partial charge in [0, 0.05) is 11.8 Å². The summed E-state index contributed by atoms with van der Waals surface area (Å²) in [6.07, 6.45) is 9.87. The summed E-state index contributed by atoms with van der Waals surface area (Å²) in [5.41, 5.74) is 0. The molecule has 2 atom stereocenters. The van der Waals surface area contributed by atoms with Gasteiger partial charge in [0.05, 0.1) is 6.07 Å². The number of hydrogen-bond donors (Lipinski definition) is 0. The van der Waals surface area contributed by atoms with E-state index in [-0.39, 0.29) is 0 Å². The zero-order chi connectivity index (χ0) is 10.2. The molecule has 0 saturated heterocycles. The number of nitrogens with zero attached hydrogens (tertiary/aromatic N) is 1. The van der Waals surface area contributed by atoms with Gasteiger partial charge in [-0.2, -0.15) is 5.26 Å². The first-order valence-corrected chi connectivity index (χ1v) is 6.37. The monoisotopic (exact) mass is 213 g/mol. The molecule has 1 saturated carbocycles. The Morgan fingerprint density at radius 3 is 2.64 bits per heavy atom. The van der Waals surface area contributed by atoms with Crippen molar-refractivity contribution in [3.8, 4) is 6.07 Å². The lowest BCUT2D eigenvalue weighted by Crippen LogP contribution is -2.17. The Labute approximate surface area is 92.4 Å². The van der Waals surface area contributed by atoms with Crippen LogP contribution in [0.3, 0.4) is 0 Å². The molecule has 1 rings (SSSR count). The highest BCUT2D eigenvalue weighted by molar-refractivity contribution is 6.17. The van der Waals surface area contributed by atoms with Crippen molar-refractivity contribution in [3.05, 3.63) is 0 Å². The van der Waals surface area contributed by atoms with E-state index in [4.69, 9.17) is 16.9 Å². The molecular formula is C12H20ClN. The summed E-state index contributed by atoms with van der Waals surface area (Å²) in [5.74, 6) is 1.82. The minimum Gasteiger partial charge on any atom is -0.198 e. The summed E-state index contributed by atoms with van der Waals surface area (Å²) in [6.45, 7) is 0. The zero-order valence-electron chi connectivity index (χ0n) is 8.84. The van der Waals surface area contributed by atoms with E-state index in [2.05, 4.69) is 6.07 Å². The van der Waals surface area contributed by atoms with Crippen LogP contribution in [-0.4, -0.2) is 5.88 Å². The molecule has 1 aliphatic carbocycles. The van der Waals surface area contributed by atoms with Crippen LogP contribution in [0.4, 0.5) is 0 Å². The van der Waals surface area contributed by atoms with Crippen molar-refractivity contribution < 1.29 is 0 Å². The van der Waals surface area contributed by atoms with Crippen LogP contribution < -0.4 is 0 Å². The minimum atomic E-state index is 0.347. The van der Waals surface area contributed by atoms with E-state index in [1.807, 2.05) is 0 Å². The van der Waals surface area contributed by atoms with Crippen molar-refractivity contribution in [1.82, 2.24) is 0 Å². The van der Waals surface area contributed by atoms with Crippen molar-refractivity contribution >= 4 is 11.6 Å². The molecule has 0 aromatic rings. The molecular weight excluding hydrogens is 194 g/mol. The molecule has 80 valence electrons. The highest BCUT2D eigenvalue weighted by Gasteiger charge is 2.23. The SMILES string of the molecule is N#CC1CCCCC1CCCCCCl. The summed E-state index contributed by atoms with van der Waals surface area (Å²) in [5, 5.41) is 8.99. The zero-order valence-corrected chi connectivity index (χ0v) is 9.60. The number of halogens is 1. The van der Waals surface area contributed by atoms with E-state index < -0.39 is 0 Å². The maximum atomic E-state index is 8.99. The Morgan fingerprint density at radius 2 is 1.93 bits per heavy atom. The topological polar surface area (TPSA) is 23.8 Å². The molecule has 0 aromatic carbocycles. The Morgan fingerprint density at radius 1 is 1.14 bits per heavy atom. The lowest BCUT2D eigenvalue weighted by molar-refractivity contribution is 0.268. The molecule has 2 unspecified atom stereocenters. The molecule has 0 aliphatic heterocycles. The van der Waals surface area contributed by atoms with Crippen molar-refractivity contribution in [2.24, 2.45) is 11.8 Å². The molecule has 0 N–H and O–H groups in total. The first kappa shape index (κ1) is 11.9. The molecule has 14 heavy (non-hydrogen) atoms. The average molecular weight is 214 g/mol. The largest absolute Gasteiger partial charge is 0.198 e. The normalized spacial score (nSPS) is 27.1. The highest BCUT2D eigenvalue weighted by Crippen LogP contribution is 2.33. The molecule has 0 amide bonds. The first-order valence-electron chi connectivity index (χ1n) is 5.84. The van der Waals surface area contributed by atoms with Crippen molar-refractivity contribution in [2.75, 3.05) is 5.88 Å². The lowest BCUT2D eigenvalue weighted by atomic mass is 9.77. The van der Waals surface area contributed by atoms with Crippen LogP contribution in [0.15, 0.2) is 0 Å². The number of rotatable bonds is 5. The second-order valence-corrected chi connectivity index (χ2v) is 4.70. The number of alkyl halides is 1. The number of hydrogen-bond acceptors (Lipinski definition) is 1. The third-order valence-corrected chi connectivity index (χ3v) is 3.55.